The Morgan fingerprint density at radius 3 is 2.50 bits per heavy atom. The Kier molecular flexibility index (Phi) is 4.04. The molecule has 0 unspecified atom stereocenters. The van der Waals surface area contributed by atoms with Gasteiger partial charge in [-0.2, -0.15) is 0 Å². The summed E-state index contributed by atoms with van der Waals surface area (Å²) >= 11 is 0. The van der Waals surface area contributed by atoms with Crippen LogP contribution >= 0.6 is 0 Å². The Morgan fingerprint density at radius 1 is 1.60 bits per heavy atom. The van der Waals surface area contributed by atoms with Gasteiger partial charge >= 0.3 is 5.97 Å². The fraction of sp³-hybridized carbons (Fsp3) is 0.286. The molecule has 0 saturated carbocycles. The second-order valence-electron chi connectivity index (χ2n) is 1.59. The molecule has 0 rings (SSSR count). The number of methoxy groups -OCH3 is 1. The van der Waals surface area contributed by atoms with Crippen molar-refractivity contribution in [2.24, 2.45) is 0 Å². The second-order valence-corrected chi connectivity index (χ2v) is 1.59. The molecule has 0 fully saturated rings. The number of hydrogen-bond donors (Lipinski definition) is 1. The minimum absolute atomic E-state index is 0.343. The highest BCUT2D eigenvalue weighted by Crippen LogP contribution is 1.96. The first kappa shape index (κ1) is 8.75. The van der Waals surface area contributed by atoms with Crippen LogP contribution in [0.25, 0.3) is 0 Å². The van der Waals surface area contributed by atoms with Crippen LogP contribution in [0.5, 0.6) is 0 Å². The molecule has 0 radical (unpaired) electrons. The van der Waals surface area contributed by atoms with Crippen molar-refractivity contribution >= 4 is 5.97 Å². The molecule has 0 heterocycles. The predicted octanol–water partition coefficient (Wildman–Crippen LogP) is 1.18. The van der Waals surface area contributed by atoms with Gasteiger partial charge in [0.2, 0.25) is 0 Å². The lowest BCUT2D eigenvalue weighted by Gasteiger charge is -1.95. The Balaban J connectivity index is 4.18. The Morgan fingerprint density at radius 2 is 2.20 bits per heavy atom. The zero-order valence-corrected chi connectivity index (χ0v) is 6.00. The first-order valence-electron chi connectivity index (χ1n) is 2.82. The summed E-state index contributed by atoms with van der Waals surface area (Å²) in [5.74, 6) is -0.662. The summed E-state index contributed by atoms with van der Waals surface area (Å²) in [5, 5.41) is 8.25. The van der Waals surface area contributed by atoms with Crippen LogP contribution in [0.3, 0.4) is 0 Å². The molecule has 0 aliphatic rings. The molecule has 0 aromatic heterocycles. The highest BCUT2D eigenvalue weighted by Gasteiger charge is 1.92. The molecule has 1 N–H and O–H groups in total. The zero-order valence-electron chi connectivity index (χ0n) is 6.00. The van der Waals surface area contributed by atoms with E-state index in [1.54, 1.807) is 19.1 Å². The minimum Gasteiger partial charge on any atom is -0.497 e. The average Bonchev–Trinajstić information content (AvgIpc) is 1.86. The first-order valence-corrected chi connectivity index (χ1v) is 2.82. The van der Waals surface area contributed by atoms with Crippen molar-refractivity contribution < 1.29 is 14.6 Å². The van der Waals surface area contributed by atoms with Gasteiger partial charge in [0.1, 0.15) is 5.76 Å². The fourth-order valence-electron chi connectivity index (χ4n) is 0.461. The first-order chi connectivity index (χ1) is 4.70. The summed E-state index contributed by atoms with van der Waals surface area (Å²) in [5.41, 5.74) is 0. The van der Waals surface area contributed by atoms with Crippen molar-refractivity contribution in [3.05, 3.63) is 24.0 Å². The van der Waals surface area contributed by atoms with E-state index in [9.17, 15) is 4.79 Å². The van der Waals surface area contributed by atoms with Crippen LogP contribution in [-0.2, 0) is 9.53 Å². The molecular formula is C7H10O3. The van der Waals surface area contributed by atoms with Crippen molar-refractivity contribution in [3.8, 4) is 0 Å². The highest BCUT2D eigenvalue weighted by molar-refractivity contribution is 5.80. The fourth-order valence-corrected chi connectivity index (χ4v) is 0.461. The predicted molar refractivity (Wildman–Crippen MR) is 37.5 cm³/mol. The number of ether oxygens (including phenoxy) is 1. The van der Waals surface area contributed by atoms with E-state index in [1.807, 2.05) is 0 Å². The van der Waals surface area contributed by atoms with E-state index in [0.29, 0.717) is 5.76 Å². The lowest BCUT2D eigenvalue weighted by Crippen LogP contribution is -1.91. The maximum atomic E-state index is 10.1. The van der Waals surface area contributed by atoms with Gasteiger partial charge < -0.3 is 9.84 Å². The molecule has 0 spiro atoms. The number of carboxylic acids is 1. The maximum Gasteiger partial charge on any atom is 0.332 e. The summed E-state index contributed by atoms with van der Waals surface area (Å²) in [6.45, 7) is 1.79. The monoisotopic (exact) mass is 142 g/mol. The molecule has 56 valence electrons. The van der Waals surface area contributed by atoms with Crippen LogP contribution in [0.1, 0.15) is 6.92 Å². The molecule has 0 aliphatic heterocycles. The van der Waals surface area contributed by atoms with Crippen LogP contribution in [-0.4, -0.2) is 18.2 Å². The third-order valence-corrected chi connectivity index (χ3v) is 0.832. The molecule has 0 amide bonds. The molecule has 0 aliphatic carbocycles. The summed E-state index contributed by atoms with van der Waals surface area (Å²) in [4.78, 5) is 10.1. The van der Waals surface area contributed by atoms with Crippen molar-refractivity contribution in [3.63, 3.8) is 0 Å². The van der Waals surface area contributed by atoms with Gasteiger partial charge in [-0.25, -0.2) is 4.79 Å². The Bertz CT molecular complexity index is 168. The van der Waals surface area contributed by atoms with E-state index in [4.69, 9.17) is 9.84 Å². The van der Waals surface area contributed by atoms with Gasteiger partial charge in [-0.3, -0.25) is 0 Å². The number of carboxylic acid groups (broad SMARTS) is 1. The molecule has 0 bridgehead atoms. The molecule has 10 heavy (non-hydrogen) atoms. The van der Waals surface area contributed by atoms with Crippen LogP contribution in [0, 0.1) is 0 Å². The van der Waals surface area contributed by atoms with Gasteiger partial charge in [0, 0.05) is 0 Å². The molecule has 0 saturated heterocycles. The molecular weight excluding hydrogens is 132 g/mol. The van der Waals surface area contributed by atoms with Crippen LogP contribution < -0.4 is 0 Å². The van der Waals surface area contributed by atoms with Crippen LogP contribution in [0.2, 0.25) is 0 Å². The normalized spacial score (nSPS) is 12.0. The van der Waals surface area contributed by atoms with Crippen LogP contribution in [0.15, 0.2) is 24.0 Å². The van der Waals surface area contributed by atoms with Crippen molar-refractivity contribution in [2.75, 3.05) is 7.11 Å². The lowest BCUT2D eigenvalue weighted by atomic mass is 10.4. The number of hydrogen-bond acceptors (Lipinski definition) is 2. The quantitative estimate of drug-likeness (QED) is 0.365. The van der Waals surface area contributed by atoms with E-state index < -0.39 is 5.97 Å². The van der Waals surface area contributed by atoms with Gasteiger partial charge in [-0.05, 0) is 13.0 Å². The largest absolute Gasteiger partial charge is 0.497 e. The number of allylic oxidation sites excluding steroid dienone is 2. The summed E-state index contributed by atoms with van der Waals surface area (Å²) in [6, 6.07) is 0. The van der Waals surface area contributed by atoms with Gasteiger partial charge in [0.05, 0.1) is 13.2 Å². The third-order valence-electron chi connectivity index (χ3n) is 0.832. The van der Waals surface area contributed by atoms with E-state index in [-0.39, 0.29) is 0 Å². The Labute approximate surface area is 59.6 Å². The SMILES string of the molecule is C/C=C\C(=C/C(=O)O)OC. The number of aliphatic carboxylic acids is 1. The molecule has 0 aromatic carbocycles. The van der Waals surface area contributed by atoms with E-state index in [1.165, 1.54) is 7.11 Å². The summed E-state index contributed by atoms with van der Waals surface area (Å²) in [6.07, 6.45) is 4.28. The zero-order chi connectivity index (χ0) is 7.98. The van der Waals surface area contributed by atoms with Gasteiger partial charge in [0.15, 0.2) is 0 Å². The topological polar surface area (TPSA) is 46.5 Å². The molecule has 3 heteroatoms. The smallest absolute Gasteiger partial charge is 0.332 e. The van der Waals surface area contributed by atoms with Crippen LogP contribution in [0.4, 0.5) is 0 Å². The molecule has 3 nitrogen and oxygen atoms in total. The maximum absolute atomic E-state index is 10.1. The van der Waals surface area contributed by atoms with E-state index >= 15 is 0 Å². The molecule has 0 atom stereocenters. The third kappa shape index (κ3) is 3.72. The summed E-state index contributed by atoms with van der Waals surface area (Å²) < 4.78 is 4.70. The van der Waals surface area contributed by atoms with E-state index in [0.717, 1.165) is 6.08 Å². The van der Waals surface area contributed by atoms with Crippen molar-refractivity contribution in [2.45, 2.75) is 6.92 Å². The number of rotatable bonds is 3. The van der Waals surface area contributed by atoms with Gasteiger partial charge in [-0.15, -0.1) is 0 Å². The minimum atomic E-state index is -1.00. The standard InChI is InChI=1S/C7H10O3/c1-3-4-6(10-2)5-7(8)9/h3-5H,1-2H3,(H,8,9)/b4-3-,6-5+. The lowest BCUT2D eigenvalue weighted by molar-refractivity contribution is -0.131. The van der Waals surface area contributed by atoms with Gasteiger partial charge in [0.25, 0.3) is 0 Å². The van der Waals surface area contributed by atoms with E-state index in [2.05, 4.69) is 0 Å². The van der Waals surface area contributed by atoms with Crippen molar-refractivity contribution in [1.82, 2.24) is 0 Å². The summed E-state index contributed by atoms with van der Waals surface area (Å²) in [7, 11) is 1.43. The van der Waals surface area contributed by atoms with Crippen molar-refractivity contribution in [1.29, 1.82) is 0 Å². The number of carbonyl (C=O) groups is 1. The Hall–Kier alpha value is -1.25. The molecule has 0 aromatic rings. The van der Waals surface area contributed by atoms with Gasteiger partial charge in [-0.1, -0.05) is 6.08 Å². The highest BCUT2D eigenvalue weighted by atomic mass is 16.5. The average molecular weight is 142 g/mol. The second kappa shape index (κ2) is 4.61.